The average Bonchev–Trinajstić information content (AvgIpc) is 3.38. The first kappa shape index (κ1) is 18.8. The predicted molar refractivity (Wildman–Crippen MR) is 116 cm³/mol. The molecular weight excluding hydrogens is 380 g/mol. The van der Waals surface area contributed by atoms with Crippen molar-refractivity contribution in [3.63, 3.8) is 0 Å². The quantitative estimate of drug-likeness (QED) is 0.475. The monoisotopic (exact) mass is 404 g/mol. The molecule has 0 bridgehead atoms. The molecular formula is C23H24N4O3. The number of hydrogen-bond acceptors (Lipinski definition) is 5. The molecule has 3 heterocycles. The third kappa shape index (κ3) is 3.36. The Kier molecular flexibility index (Phi) is 4.77. The lowest BCUT2D eigenvalue weighted by Crippen LogP contribution is -2.25. The highest BCUT2D eigenvalue weighted by Crippen LogP contribution is 2.35. The smallest absolute Gasteiger partial charge is 0.348 e. The van der Waals surface area contributed by atoms with Crippen LogP contribution in [0.3, 0.4) is 0 Å². The number of aryl methyl sites for hydroxylation is 1. The van der Waals surface area contributed by atoms with Gasteiger partial charge in [0.1, 0.15) is 5.75 Å². The standard InChI is InChI=1S/C23H24N4O3/c1-14-8-22-25-26-23(29)27(22)20-10-19(21(28)11-18(14)20)16-5-2-4-15(9-16)12-24-13-17-6-3-7-30-17/h2,4-5,8-11,17,24,28H,3,6-7,12-13H2,1H3,(H,26,29). The first-order valence-corrected chi connectivity index (χ1v) is 10.3. The third-order valence-electron chi connectivity index (χ3n) is 5.79. The molecule has 1 aliphatic rings. The van der Waals surface area contributed by atoms with Crippen LogP contribution >= 0.6 is 0 Å². The molecule has 0 saturated carbocycles. The van der Waals surface area contributed by atoms with E-state index >= 15 is 0 Å². The third-order valence-corrected chi connectivity index (χ3v) is 5.79. The van der Waals surface area contributed by atoms with Crippen LogP contribution in [0.2, 0.25) is 0 Å². The van der Waals surface area contributed by atoms with Crippen LogP contribution in [-0.2, 0) is 11.3 Å². The van der Waals surface area contributed by atoms with Gasteiger partial charge in [0.25, 0.3) is 0 Å². The Hall–Kier alpha value is -3.16. The van der Waals surface area contributed by atoms with E-state index in [0.717, 1.165) is 60.1 Å². The van der Waals surface area contributed by atoms with E-state index in [1.54, 1.807) is 6.07 Å². The highest BCUT2D eigenvalue weighted by Gasteiger charge is 2.15. The first-order valence-electron chi connectivity index (χ1n) is 10.3. The van der Waals surface area contributed by atoms with Crippen LogP contribution < -0.4 is 11.0 Å². The molecule has 154 valence electrons. The van der Waals surface area contributed by atoms with E-state index in [1.165, 1.54) is 4.40 Å². The fourth-order valence-electron chi connectivity index (χ4n) is 4.25. The number of pyridine rings is 1. The molecule has 0 radical (unpaired) electrons. The summed E-state index contributed by atoms with van der Waals surface area (Å²) in [6.07, 6.45) is 2.55. The number of aromatic hydroxyl groups is 1. The van der Waals surface area contributed by atoms with Crippen molar-refractivity contribution in [3.05, 3.63) is 64.1 Å². The first-order chi connectivity index (χ1) is 14.6. The average molecular weight is 404 g/mol. The largest absolute Gasteiger partial charge is 0.507 e. The number of fused-ring (bicyclic) bond motifs is 3. The molecule has 1 saturated heterocycles. The highest BCUT2D eigenvalue weighted by atomic mass is 16.5. The summed E-state index contributed by atoms with van der Waals surface area (Å²) in [4.78, 5) is 12.3. The van der Waals surface area contributed by atoms with Gasteiger partial charge in [-0.15, -0.1) is 0 Å². The lowest BCUT2D eigenvalue weighted by atomic mass is 9.99. The summed E-state index contributed by atoms with van der Waals surface area (Å²) in [6, 6.07) is 13.5. The van der Waals surface area contributed by atoms with Gasteiger partial charge in [0, 0.05) is 30.6 Å². The van der Waals surface area contributed by atoms with E-state index in [0.29, 0.717) is 17.3 Å². The van der Waals surface area contributed by atoms with Gasteiger partial charge in [0.05, 0.1) is 11.6 Å². The van der Waals surface area contributed by atoms with Crippen LogP contribution in [-0.4, -0.2) is 39.0 Å². The molecule has 1 unspecified atom stereocenters. The van der Waals surface area contributed by atoms with Crippen molar-refractivity contribution in [2.45, 2.75) is 32.4 Å². The minimum absolute atomic E-state index is 0.186. The summed E-state index contributed by atoms with van der Waals surface area (Å²) in [7, 11) is 0. The molecule has 30 heavy (non-hydrogen) atoms. The lowest BCUT2D eigenvalue weighted by molar-refractivity contribution is 0.110. The molecule has 2 aromatic carbocycles. The maximum absolute atomic E-state index is 12.3. The van der Waals surface area contributed by atoms with Gasteiger partial charge < -0.3 is 15.2 Å². The van der Waals surface area contributed by atoms with E-state index in [4.69, 9.17) is 4.74 Å². The fourth-order valence-corrected chi connectivity index (χ4v) is 4.25. The highest BCUT2D eigenvalue weighted by molar-refractivity contribution is 5.92. The van der Waals surface area contributed by atoms with Crippen molar-refractivity contribution in [3.8, 4) is 16.9 Å². The van der Waals surface area contributed by atoms with Gasteiger partial charge in [0.2, 0.25) is 0 Å². The molecule has 3 N–H and O–H groups in total. The van der Waals surface area contributed by atoms with E-state index in [-0.39, 0.29) is 11.4 Å². The molecule has 0 spiro atoms. The summed E-state index contributed by atoms with van der Waals surface area (Å²) in [5.41, 5.74) is 4.65. The second-order valence-electron chi connectivity index (χ2n) is 7.90. The minimum Gasteiger partial charge on any atom is -0.507 e. The van der Waals surface area contributed by atoms with Crippen LogP contribution in [0.5, 0.6) is 5.75 Å². The lowest BCUT2D eigenvalue weighted by Gasteiger charge is -2.13. The molecule has 5 rings (SSSR count). The fraction of sp³-hybridized carbons (Fsp3) is 0.304. The number of phenolic OH excluding ortho intramolecular Hbond substituents is 1. The zero-order valence-electron chi connectivity index (χ0n) is 16.8. The summed E-state index contributed by atoms with van der Waals surface area (Å²) in [5, 5.41) is 21.6. The van der Waals surface area contributed by atoms with E-state index < -0.39 is 0 Å². The number of nitrogens with one attached hydrogen (secondary N) is 2. The summed E-state index contributed by atoms with van der Waals surface area (Å²) in [5.74, 6) is 0.186. The van der Waals surface area contributed by atoms with Gasteiger partial charge in [-0.25, -0.2) is 14.3 Å². The van der Waals surface area contributed by atoms with Gasteiger partial charge in [-0.2, -0.15) is 5.10 Å². The van der Waals surface area contributed by atoms with Crippen molar-refractivity contribution in [2.75, 3.05) is 13.2 Å². The number of hydrogen-bond donors (Lipinski definition) is 3. The summed E-state index contributed by atoms with van der Waals surface area (Å²) >= 11 is 0. The van der Waals surface area contributed by atoms with Gasteiger partial charge in [-0.3, -0.25) is 0 Å². The van der Waals surface area contributed by atoms with E-state index in [9.17, 15) is 9.90 Å². The number of rotatable bonds is 5. The zero-order chi connectivity index (χ0) is 20.7. The molecule has 7 nitrogen and oxygen atoms in total. The van der Waals surface area contributed by atoms with Crippen molar-refractivity contribution >= 4 is 16.6 Å². The number of H-pyrrole nitrogens is 1. The second-order valence-corrected chi connectivity index (χ2v) is 7.90. The Morgan fingerprint density at radius 1 is 1.30 bits per heavy atom. The Bertz CT molecular complexity index is 1290. The summed E-state index contributed by atoms with van der Waals surface area (Å²) < 4.78 is 7.20. The summed E-state index contributed by atoms with van der Waals surface area (Å²) in [6.45, 7) is 4.37. The molecule has 4 aromatic rings. The Balaban J connectivity index is 1.51. The molecule has 1 fully saturated rings. The SMILES string of the molecule is Cc1cc2n[nH]c(=O)n2c2cc(-c3cccc(CNCC4CCCO4)c3)c(O)cc12. The number of aromatic nitrogens is 3. The van der Waals surface area contributed by atoms with Crippen molar-refractivity contribution in [1.82, 2.24) is 19.9 Å². The molecule has 0 aliphatic carbocycles. The number of nitrogens with zero attached hydrogens (tertiary/aromatic N) is 2. The molecule has 0 amide bonds. The molecule has 1 atom stereocenters. The normalized spacial score (nSPS) is 16.6. The van der Waals surface area contributed by atoms with Crippen LogP contribution in [0.25, 0.3) is 27.7 Å². The van der Waals surface area contributed by atoms with Gasteiger partial charge in [-0.1, -0.05) is 18.2 Å². The van der Waals surface area contributed by atoms with Gasteiger partial charge in [0.15, 0.2) is 5.65 Å². The Morgan fingerprint density at radius 2 is 2.20 bits per heavy atom. The van der Waals surface area contributed by atoms with Crippen LogP contribution in [0, 0.1) is 6.92 Å². The Labute approximate surface area is 173 Å². The minimum atomic E-state index is -0.293. The molecule has 1 aliphatic heterocycles. The predicted octanol–water partition coefficient (Wildman–Crippen LogP) is 3.13. The van der Waals surface area contributed by atoms with Crippen LogP contribution in [0.1, 0.15) is 24.0 Å². The van der Waals surface area contributed by atoms with Gasteiger partial charge in [-0.05, 0) is 60.7 Å². The number of phenols is 1. The maximum atomic E-state index is 12.3. The van der Waals surface area contributed by atoms with Gasteiger partial charge >= 0.3 is 5.69 Å². The number of benzene rings is 2. The van der Waals surface area contributed by atoms with E-state index in [2.05, 4.69) is 27.6 Å². The molecule has 7 heteroatoms. The molecule has 2 aromatic heterocycles. The van der Waals surface area contributed by atoms with Crippen molar-refractivity contribution < 1.29 is 9.84 Å². The zero-order valence-corrected chi connectivity index (χ0v) is 16.8. The van der Waals surface area contributed by atoms with E-state index in [1.807, 2.05) is 31.2 Å². The van der Waals surface area contributed by atoms with Crippen molar-refractivity contribution in [2.24, 2.45) is 0 Å². The number of ether oxygens (including phenoxy) is 1. The van der Waals surface area contributed by atoms with Crippen molar-refractivity contribution in [1.29, 1.82) is 0 Å². The Morgan fingerprint density at radius 3 is 3.03 bits per heavy atom. The maximum Gasteiger partial charge on any atom is 0.348 e. The topological polar surface area (TPSA) is 91.7 Å². The second kappa shape index (κ2) is 7.59. The number of aromatic amines is 1. The van der Waals surface area contributed by atoms with Crippen LogP contribution in [0.4, 0.5) is 0 Å². The van der Waals surface area contributed by atoms with Crippen LogP contribution in [0.15, 0.2) is 47.3 Å².